The van der Waals surface area contributed by atoms with Crippen molar-refractivity contribution in [2.24, 2.45) is 4.99 Å². The fourth-order valence-corrected chi connectivity index (χ4v) is 2.58. The molecule has 2 rings (SSSR count). The van der Waals surface area contributed by atoms with Gasteiger partial charge in [0.25, 0.3) is 0 Å². The summed E-state index contributed by atoms with van der Waals surface area (Å²) < 4.78 is 10.8. The van der Waals surface area contributed by atoms with E-state index in [1.54, 1.807) is 14.2 Å². The number of para-hydroxylation sites is 1. The van der Waals surface area contributed by atoms with Gasteiger partial charge in [-0.15, -0.1) is 0 Å². The third kappa shape index (κ3) is 2.57. The third-order valence-corrected chi connectivity index (χ3v) is 3.61. The lowest BCUT2D eigenvalue weighted by atomic mass is 9.97. The van der Waals surface area contributed by atoms with Crippen molar-refractivity contribution < 1.29 is 9.47 Å². The lowest BCUT2D eigenvalue weighted by Crippen LogP contribution is -2.17. The normalized spacial score (nSPS) is 18.2. The molecule has 1 fully saturated rings. The van der Waals surface area contributed by atoms with Gasteiger partial charge in [0, 0.05) is 24.6 Å². The Bertz CT molecular complexity index is 485. The molecule has 1 aliphatic rings. The van der Waals surface area contributed by atoms with E-state index in [-0.39, 0.29) is 0 Å². The smallest absolute Gasteiger partial charge is 0.164 e. The zero-order valence-corrected chi connectivity index (χ0v) is 11.6. The highest BCUT2D eigenvalue weighted by Gasteiger charge is 2.27. The number of methoxy groups -OCH3 is 2. The molecule has 0 radical (unpaired) electrons. The molecule has 19 heavy (non-hydrogen) atoms. The SMILES string of the molecule is C=NC(=C)N1CCC(c2cccc(OC)c2OC)C1. The first-order chi connectivity index (χ1) is 9.21. The van der Waals surface area contributed by atoms with Crippen molar-refractivity contribution >= 4 is 6.72 Å². The molecule has 1 saturated heterocycles. The van der Waals surface area contributed by atoms with Crippen molar-refractivity contribution in [1.29, 1.82) is 0 Å². The molecule has 0 aromatic heterocycles. The zero-order valence-electron chi connectivity index (χ0n) is 11.6. The number of ether oxygens (including phenoxy) is 2. The zero-order chi connectivity index (χ0) is 13.8. The van der Waals surface area contributed by atoms with Crippen LogP contribution in [-0.4, -0.2) is 38.9 Å². The molecule has 0 aliphatic carbocycles. The van der Waals surface area contributed by atoms with Gasteiger partial charge in [0.2, 0.25) is 0 Å². The molecule has 4 nitrogen and oxygen atoms in total. The van der Waals surface area contributed by atoms with Gasteiger partial charge >= 0.3 is 0 Å². The average molecular weight is 260 g/mol. The van der Waals surface area contributed by atoms with Crippen LogP contribution in [0.5, 0.6) is 11.5 Å². The van der Waals surface area contributed by atoms with Crippen molar-refractivity contribution in [3.63, 3.8) is 0 Å². The van der Waals surface area contributed by atoms with Crippen LogP contribution in [0.25, 0.3) is 0 Å². The summed E-state index contributed by atoms with van der Waals surface area (Å²) in [6, 6.07) is 6.01. The van der Waals surface area contributed by atoms with Crippen LogP contribution in [0, 0.1) is 0 Å². The van der Waals surface area contributed by atoms with E-state index in [0.717, 1.165) is 36.8 Å². The molecule has 1 aliphatic heterocycles. The van der Waals surface area contributed by atoms with Crippen molar-refractivity contribution in [3.8, 4) is 11.5 Å². The summed E-state index contributed by atoms with van der Waals surface area (Å²) in [5, 5.41) is 0. The van der Waals surface area contributed by atoms with Crippen LogP contribution in [0.2, 0.25) is 0 Å². The van der Waals surface area contributed by atoms with E-state index in [9.17, 15) is 0 Å². The molecule has 1 aromatic rings. The van der Waals surface area contributed by atoms with E-state index in [2.05, 4.69) is 29.3 Å². The van der Waals surface area contributed by atoms with Gasteiger partial charge in [-0.1, -0.05) is 18.7 Å². The van der Waals surface area contributed by atoms with E-state index in [4.69, 9.17) is 9.47 Å². The predicted octanol–water partition coefficient (Wildman–Crippen LogP) is 2.66. The van der Waals surface area contributed by atoms with Gasteiger partial charge in [-0.25, -0.2) is 4.99 Å². The van der Waals surface area contributed by atoms with E-state index in [1.807, 2.05) is 12.1 Å². The van der Waals surface area contributed by atoms with Crippen LogP contribution in [-0.2, 0) is 0 Å². The first-order valence-corrected chi connectivity index (χ1v) is 6.32. The van der Waals surface area contributed by atoms with Crippen molar-refractivity contribution in [2.45, 2.75) is 12.3 Å². The van der Waals surface area contributed by atoms with E-state index >= 15 is 0 Å². The van der Waals surface area contributed by atoms with Crippen LogP contribution >= 0.6 is 0 Å². The summed E-state index contributed by atoms with van der Waals surface area (Å²) in [4.78, 5) is 6.05. The van der Waals surface area contributed by atoms with Gasteiger partial charge in [0.1, 0.15) is 5.82 Å². The lowest BCUT2D eigenvalue weighted by Gasteiger charge is -2.19. The molecule has 0 N–H and O–H groups in total. The van der Waals surface area contributed by atoms with Crippen LogP contribution in [0.4, 0.5) is 0 Å². The molecule has 1 heterocycles. The van der Waals surface area contributed by atoms with Crippen LogP contribution in [0.15, 0.2) is 35.6 Å². The minimum Gasteiger partial charge on any atom is -0.493 e. The molecule has 0 spiro atoms. The Balaban J connectivity index is 2.24. The van der Waals surface area contributed by atoms with Gasteiger partial charge in [0.05, 0.1) is 14.2 Å². The maximum atomic E-state index is 5.50. The standard InChI is InChI=1S/C15H20N2O2/c1-11(16-2)17-9-8-12(10-17)13-6-5-7-14(18-3)15(13)19-4/h5-7,12H,1-2,8-10H2,3-4H3. The molecular formula is C15H20N2O2. The molecule has 1 atom stereocenters. The molecule has 4 heteroatoms. The van der Waals surface area contributed by atoms with Crippen LogP contribution in [0.3, 0.4) is 0 Å². The molecule has 0 bridgehead atoms. The van der Waals surface area contributed by atoms with Crippen molar-refractivity contribution in [1.82, 2.24) is 4.90 Å². The average Bonchev–Trinajstić information content (AvgIpc) is 2.95. The number of hydrogen-bond acceptors (Lipinski definition) is 4. The minimum absolute atomic E-state index is 0.406. The number of hydrogen-bond donors (Lipinski definition) is 0. The first kappa shape index (κ1) is 13.5. The number of likely N-dealkylation sites (tertiary alicyclic amines) is 1. The highest BCUT2D eigenvalue weighted by molar-refractivity contribution is 5.48. The molecule has 1 unspecified atom stereocenters. The molecule has 0 saturated carbocycles. The van der Waals surface area contributed by atoms with Crippen LogP contribution < -0.4 is 9.47 Å². The minimum atomic E-state index is 0.406. The number of benzene rings is 1. The quantitative estimate of drug-likeness (QED) is 0.763. The first-order valence-electron chi connectivity index (χ1n) is 6.32. The van der Waals surface area contributed by atoms with Gasteiger partial charge in [-0.3, -0.25) is 0 Å². The monoisotopic (exact) mass is 260 g/mol. The number of nitrogens with zero attached hydrogens (tertiary/aromatic N) is 2. The second kappa shape index (κ2) is 5.78. The van der Waals surface area contributed by atoms with E-state index in [0.29, 0.717) is 5.92 Å². The van der Waals surface area contributed by atoms with Gasteiger partial charge in [0.15, 0.2) is 11.5 Å². The number of rotatable bonds is 5. The summed E-state index contributed by atoms with van der Waals surface area (Å²) in [5.41, 5.74) is 1.18. The number of aliphatic imine (C=N–C) groups is 1. The molecular weight excluding hydrogens is 240 g/mol. The topological polar surface area (TPSA) is 34.1 Å². The predicted molar refractivity (Wildman–Crippen MR) is 77.2 cm³/mol. The summed E-state index contributed by atoms with van der Waals surface area (Å²) >= 11 is 0. The summed E-state index contributed by atoms with van der Waals surface area (Å²) in [6.07, 6.45) is 1.05. The van der Waals surface area contributed by atoms with E-state index in [1.165, 1.54) is 5.56 Å². The highest BCUT2D eigenvalue weighted by Crippen LogP contribution is 2.39. The largest absolute Gasteiger partial charge is 0.493 e. The van der Waals surface area contributed by atoms with Crippen molar-refractivity contribution in [2.75, 3.05) is 27.3 Å². The molecule has 102 valence electrons. The highest BCUT2D eigenvalue weighted by atomic mass is 16.5. The fraction of sp³-hybridized carbons (Fsp3) is 0.400. The maximum absolute atomic E-state index is 5.50. The second-order valence-electron chi connectivity index (χ2n) is 4.59. The van der Waals surface area contributed by atoms with Gasteiger partial charge < -0.3 is 14.4 Å². The summed E-state index contributed by atoms with van der Waals surface area (Å²) in [7, 11) is 3.34. The molecule has 1 aromatic carbocycles. The Morgan fingerprint density at radius 1 is 1.37 bits per heavy atom. The Labute approximate surface area is 114 Å². The van der Waals surface area contributed by atoms with Gasteiger partial charge in [-0.2, -0.15) is 0 Å². The second-order valence-corrected chi connectivity index (χ2v) is 4.59. The Morgan fingerprint density at radius 3 is 2.79 bits per heavy atom. The summed E-state index contributed by atoms with van der Waals surface area (Å²) in [6.45, 7) is 9.27. The summed E-state index contributed by atoms with van der Waals surface area (Å²) in [5.74, 6) is 2.75. The Hall–Kier alpha value is -1.97. The van der Waals surface area contributed by atoms with E-state index < -0.39 is 0 Å². The van der Waals surface area contributed by atoms with Gasteiger partial charge in [-0.05, 0) is 19.2 Å². The van der Waals surface area contributed by atoms with Crippen molar-refractivity contribution in [3.05, 3.63) is 36.2 Å². The van der Waals surface area contributed by atoms with Crippen LogP contribution in [0.1, 0.15) is 17.9 Å². The fourth-order valence-electron chi connectivity index (χ4n) is 2.58. The third-order valence-electron chi connectivity index (χ3n) is 3.61. The maximum Gasteiger partial charge on any atom is 0.164 e. The lowest BCUT2D eigenvalue weighted by molar-refractivity contribution is 0.348. The Morgan fingerprint density at radius 2 is 2.16 bits per heavy atom. The molecule has 0 amide bonds. The Kier molecular flexibility index (Phi) is 4.10.